The topological polar surface area (TPSA) is 51.2 Å². The summed E-state index contributed by atoms with van der Waals surface area (Å²) in [6, 6.07) is 11.2. The molecule has 0 aromatic heterocycles. The molecule has 0 bridgehead atoms. The number of hydrogen-bond donors (Lipinski definition) is 0. The fourth-order valence-corrected chi connectivity index (χ4v) is 4.07. The van der Waals surface area contributed by atoms with Crippen molar-refractivity contribution < 1.29 is 19.0 Å². The van der Waals surface area contributed by atoms with Crippen molar-refractivity contribution in [3.05, 3.63) is 52.0 Å². The van der Waals surface area contributed by atoms with Gasteiger partial charge < -0.3 is 19.1 Å². The van der Waals surface area contributed by atoms with E-state index in [-0.39, 0.29) is 12.7 Å². The lowest BCUT2D eigenvalue weighted by Gasteiger charge is -2.34. The van der Waals surface area contributed by atoms with E-state index in [9.17, 15) is 4.79 Å². The Bertz CT molecular complexity index is 901. The summed E-state index contributed by atoms with van der Waals surface area (Å²) >= 11 is 12.0. The normalized spacial score (nSPS) is 16.0. The van der Waals surface area contributed by atoms with E-state index in [2.05, 4.69) is 11.0 Å². The van der Waals surface area contributed by atoms with Gasteiger partial charge in [0.2, 0.25) is 12.7 Å². The minimum Gasteiger partial charge on any atom is -0.492 e. The first-order valence-corrected chi connectivity index (χ1v) is 10.8. The minimum absolute atomic E-state index is 0.170. The SMILES string of the molecule is O=C(CCCOc1ccc(Cl)cc1Cl)N1CCN(Cc2ccc3c(c2)OCO3)CC1. The molecule has 1 amide bonds. The molecule has 160 valence electrons. The highest BCUT2D eigenvalue weighted by atomic mass is 35.5. The molecule has 2 aromatic rings. The number of hydrogen-bond acceptors (Lipinski definition) is 5. The van der Waals surface area contributed by atoms with Gasteiger partial charge in [-0.1, -0.05) is 29.3 Å². The lowest BCUT2D eigenvalue weighted by molar-refractivity contribution is -0.133. The molecule has 8 heteroatoms. The van der Waals surface area contributed by atoms with Crippen LogP contribution in [-0.4, -0.2) is 55.3 Å². The van der Waals surface area contributed by atoms with Crippen molar-refractivity contribution in [1.29, 1.82) is 0 Å². The van der Waals surface area contributed by atoms with Gasteiger partial charge in [0.25, 0.3) is 0 Å². The number of amides is 1. The molecular weight excluding hydrogens is 427 g/mol. The second-order valence-electron chi connectivity index (χ2n) is 7.37. The summed E-state index contributed by atoms with van der Waals surface area (Å²) in [4.78, 5) is 16.8. The second kappa shape index (κ2) is 9.77. The van der Waals surface area contributed by atoms with Crippen LogP contribution in [0.25, 0.3) is 0 Å². The molecule has 2 aliphatic rings. The number of fused-ring (bicyclic) bond motifs is 1. The highest BCUT2D eigenvalue weighted by Crippen LogP contribution is 2.33. The van der Waals surface area contributed by atoms with Gasteiger partial charge in [0.05, 0.1) is 11.6 Å². The molecule has 4 rings (SSSR count). The first-order valence-electron chi connectivity index (χ1n) is 10.0. The van der Waals surface area contributed by atoms with Crippen molar-refractivity contribution in [1.82, 2.24) is 9.80 Å². The molecule has 1 fully saturated rings. The van der Waals surface area contributed by atoms with Crippen molar-refractivity contribution in [3.8, 4) is 17.2 Å². The number of ether oxygens (including phenoxy) is 3. The first-order chi connectivity index (χ1) is 14.6. The Kier molecular flexibility index (Phi) is 6.87. The van der Waals surface area contributed by atoms with Crippen LogP contribution >= 0.6 is 23.2 Å². The van der Waals surface area contributed by atoms with E-state index < -0.39 is 0 Å². The third-order valence-corrected chi connectivity index (χ3v) is 5.79. The maximum absolute atomic E-state index is 12.5. The van der Waals surface area contributed by atoms with Gasteiger partial charge in [-0.05, 0) is 42.3 Å². The Morgan fingerprint density at radius 2 is 1.80 bits per heavy atom. The summed E-state index contributed by atoms with van der Waals surface area (Å²) in [5.74, 6) is 2.37. The van der Waals surface area contributed by atoms with E-state index in [0.29, 0.717) is 35.2 Å². The Balaban J connectivity index is 1.16. The quantitative estimate of drug-likeness (QED) is 0.590. The summed E-state index contributed by atoms with van der Waals surface area (Å²) in [6.07, 6.45) is 1.11. The zero-order valence-electron chi connectivity index (χ0n) is 16.6. The van der Waals surface area contributed by atoms with Crippen molar-refractivity contribution in [2.75, 3.05) is 39.6 Å². The van der Waals surface area contributed by atoms with Crippen molar-refractivity contribution in [2.45, 2.75) is 19.4 Å². The summed E-state index contributed by atoms with van der Waals surface area (Å²) in [7, 11) is 0. The summed E-state index contributed by atoms with van der Waals surface area (Å²) in [6.45, 7) is 4.78. The largest absolute Gasteiger partial charge is 0.492 e. The predicted octanol–water partition coefficient (Wildman–Crippen LogP) is 4.23. The van der Waals surface area contributed by atoms with Crippen LogP contribution in [0.4, 0.5) is 0 Å². The molecule has 2 aromatic carbocycles. The van der Waals surface area contributed by atoms with Crippen molar-refractivity contribution in [3.63, 3.8) is 0 Å². The van der Waals surface area contributed by atoms with Crippen LogP contribution in [0.1, 0.15) is 18.4 Å². The fraction of sp³-hybridized carbons (Fsp3) is 0.409. The van der Waals surface area contributed by atoms with Crippen LogP contribution < -0.4 is 14.2 Å². The number of carbonyl (C=O) groups excluding carboxylic acids is 1. The third kappa shape index (κ3) is 5.31. The maximum atomic E-state index is 12.5. The zero-order valence-corrected chi connectivity index (χ0v) is 18.1. The van der Waals surface area contributed by atoms with Gasteiger partial charge in [0.15, 0.2) is 11.5 Å². The molecule has 0 saturated carbocycles. The number of piperazine rings is 1. The van der Waals surface area contributed by atoms with Crippen LogP contribution in [0, 0.1) is 0 Å². The number of rotatable bonds is 7. The van der Waals surface area contributed by atoms with Gasteiger partial charge in [-0.3, -0.25) is 9.69 Å². The van der Waals surface area contributed by atoms with Crippen LogP contribution in [0.15, 0.2) is 36.4 Å². The van der Waals surface area contributed by atoms with E-state index >= 15 is 0 Å². The Hall–Kier alpha value is -2.15. The van der Waals surface area contributed by atoms with E-state index in [4.69, 9.17) is 37.4 Å². The molecule has 6 nitrogen and oxygen atoms in total. The summed E-state index contributed by atoms with van der Waals surface area (Å²) in [5, 5.41) is 1.05. The van der Waals surface area contributed by atoms with E-state index in [1.165, 1.54) is 5.56 Å². The van der Waals surface area contributed by atoms with Crippen LogP contribution in [0.3, 0.4) is 0 Å². The van der Waals surface area contributed by atoms with Crippen LogP contribution in [-0.2, 0) is 11.3 Å². The number of nitrogens with zero attached hydrogens (tertiary/aromatic N) is 2. The van der Waals surface area contributed by atoms with Crippen LogP contribution in [0.5, 0.6) is 17.2 Å². The molecule has 0 N–H and O–H groups in total. The number of benzene rings is 2. The smallest absolute Gasteiger partial charge is 0.231 e. The average Bonchev–Trinajstić information content (AvgIpc) is 3.21. The predicted molar refractivity (Wildman–Crippen MR) is 116 cm³/mol. The van der Waals surface area contributed by atoms with Crippen molar-refractivity contribution in [2.24, 2.45) is 0 Å². The maximum Gasteiger partial charge on any atom is 0.231 e. The lowest BCUT2D eigenvalue weighted by Crippen LogP contribution is -2.48. The third-order valence-electron chi connectivity index (χ3n) is 5.25. The van der Waals surface area contributed by atoms with Crippen LogP contribution in [0.2, 0.25) is 10.0 Å². The Labute approximate surface area is 186 Å². The summed E-state index contributed by atoms with van der Waals surface area (Å²) < 4.78 is 16.5. The van der Waals surface area contributed by atoms with Gasteiger partial charge in [-0.2, -0.15) is 0 Å². The zero-order chi connectivity index (χ0) is 20.9. The molecule has 0 unspecified atom stereocenters. The minimum atomic E-state index is 0.170. The fourth-order valence-electron chi connectivity index (χ4n) is 3.61. The molecule has 2 aliphatic heterocycles. The standard InChI is InChI=1S/C22H24Cl2N2O4/c23-17-4-6-19(18(24)13-17)28-11-1-2-22(27)26-9-7-25(8-10-26)14-16-3-5-20-21(12-16)30-15-29-20/h3-6,12-13H,1-2,7-11,14-15H2. The Morgan fingerprint density at radius 3 is 2.60 bits per heavy atom. The number of carbonyl (C=O) groups is 1. The molecular formula is C22H24Cl2N2O4. The van der Waals surface area contributed by atoms with Gasteiger partial charge in [0, 0.05) is 44.2 Å². The molecule has 1 saturated heterocycles. The highest BCUT2D eigenvalue weighted by Gasteiger charge is 2.21. The lowest BCUT2D eigenvalue weighted by atomic mass is 10.1. The van der Waals surface area contributed by atoms with Gasteiger partial charge in [-0.25, -0.2) is 0 Å². The molecule has 0 spiro atoms. The van der Waals surface area contributed by atoms with E-state index in [0.717, 1.165) is 44.2 Å². The number of halogens is 2. The van der Waals surface area contributed by atoms with E-state index in [1.807, 2.05) is 17.0 Å². The molecule has 0 radical (unpaired) electrons. The van der Waals surface area contributed by atoms with E-state index in [1.54, 1.807) is 18.2 Å². The van der Waals surface area contributed by atoms with Crippen molar-refractivity contribution >= 4 is 29.1 Å². The molecule has 2 heterocycles. The molecule has 30 heavy (non-hydrogen) atoms. The average molecular weight is 451 g/mol. The Morgan fingerprint density at radius 1 is 1.00 bits per heavy atom. The van der Waals surface area contributed by atoms with Gasteiger partial charge >= 0.3 is 0 Å². The first kappa shape index (κ1) is 21.1. The highest BCUT2D eigenvalue weighted by molar-refractivity contribution is 6.35. The summed E-state index contributed by atoms with van der Waals surface area (Å²) in [5.41, 5.74) is 1.19. The van der Waals surface area contributed by atoms with Gasteiger partial charge in [0.1, 0.15) is 5.75 Å². The monoisotopic (exact) mass is 450 g/mol. The molecule has 0 aliphatic carbocycles. The second-order valence-corrected chi connectivity index (χ2v) is 8.21. The molecule has 0 atom stereocenters. The van der Waals surface area contributed by atoms with Gasteiger partial charge in [-0.15, -0.1) is 0 Å².